The Morgan fingerprint density at radius 3 is 2.95 bits per heavy atom. The maximum atomic E-state index is 5.50. The standard InChI is InChI=1S/C16H12N3OS/c1-19-13-7-11(10-5-3-4-6-14(10)20-2)16-15(17-9-21-16)12(13)8-18-19/h3-8H,1-2H3. The summed E-state index contributed by atoms with van der Waals surface area (Å²) < 4.78 is 8.48. The zero-order valence-electron chi connectivity index (χ0n) is 11.6. The highest BCUT2D eigenvalue weighted by Gasteiger charge is 2.15. The van der Waals surface area contributed by atoms with Gasteiger partial charge in [0.25, 0.3) is 0 Å². The molecule has 0 spiro atoms. The van der Waals surface area contributed by atoms with Crippen LogP contribution in [-0.4, -0.2) is 21.9 Å². The lowest BCUT2D eigenvalue weighted by Crippen LogP contribution is -1.91. The Morgan fingerprint density at radius 1 is 1.24 bits per heavy atom. The minimum Gasteiger partial charge on any atom is -0.496 e. The van der Waals surface area contributed by atoms with Crippen molar-refractivity contribution in [3.63, 3.8) is 0 Å². The first-order valence-electron chi connectivity index (χ1n) is 6.54. The summed E-state index contributed by atoms with van der Waals surface area (Å²) in [5.41, 5.74) is 7.18. The highest BCUT2D eigenvalue weighted by atomic mass is 32.1. The van der Waals surface area contributed by atoms with E-state index in [1.54, 1.807) is 7.11 Å². The van der Waals surface area contributed by atoms with Gasteiger partial charge in [0.05, 0.1) is 29.0 Å². The number of aryl methyl sites for hydroxylation is 1. The average molecular weight is 294 g/mol. The van der Waals surface area contributed by atoms with Gasteiger partial charge in [0.1, 0.15) is 5.75 Å². The van der Waals surface area contributed by atoms with Gasteiger partial charge in [-0.15, -0.1) is 11.3 Å². The SMILES string of the molecule is COc1ccccc1-c1cc2c(cnn2C)c2n[c]sc12. The summed E-state index contributed by atoms with van der Waals surface area (Å²) in [7, 11) is 3.63. The van der Waals surface area contributed by atoms with Gasteiger partial charge < -0.3 is 4.74 Å². The lowest BCUT2D eigenvalue weighted by Gasteiger charge is -2.10. The molecular weight excluding hydrogens is 282 g/mol. The Balaban J connectivity index is 2.15. The van der Waals surface area contributed by atoms with Crippen molar-refractivity contribution in [1.29, 1.82) is 0 Å². The first-order valence-corrected chi connectivity index (χ1v) is 7.36. The molecule has 0 aliphatic rings. The summed E-state index contributed by atoms with van der Waals surface area (Å²) >= 11 is 1.52. The van der Waals surface area contributed by atoms with Crippen LogP contribution in [0.1, 0.15) is 0 Å². The van der Waals surface area contributed by atoms with Crippen LogP contribution in [0.4, 0.5) is 0 Å². The molecule has 0 amide bonds. The summed E-state index contributed by atoms with van der Waals surface area (Å²) in [5.74, 6) is 0.855. The molecule has 0 unspecified atom stereocenters. The molecule has 1 radical (unpaired) electrons. The predicted octanol–water partition coefficient (Wildman–Crippen LogP) is 3.66. The van der Waals surface area contributed by atoms with Gasteiger partial charge in [-0.2, -0.15) is 5.10 Å². The normalized spacial score (nSPS) is 11.3. The monoisotopic (exact) mass is 294 g/mol. The van der Waals surface area contributed by atoms with Crippen molar-refractivity contribution in [3.05, 3.63) is 42.0 Å². The van der Waals surface area contributed by atoms with Gasteiger partial charge in [0, 0.05) is 23.6 Å². The molecule has 21 heavy (non-hydrogen) atoms. The second-order valence-electron chi connectivity index (χ2n) is 4.81. The Morgan fingerprint density at radius 2 is 2.10 bits per heavy atom. The van der Waals surface area contributed by atoms with E-state index in [0.29, 0.717) is 0 Å². The molecule has 0 atom stereocenters. The summed E-state index contributed by atoms with van der Waals surface area (Å²) in [6.45, 7) is 0. The van der Waals surface area contributed by atoms with Crippen LogP contribution < -0.4 is 4.74 Å². The van der Waals surface area contributed by atoms with Crippen LogP contribution in [0.25, 0.3) is 32.2 Å². The van der Waals surface area contributed by atoms with Crippen molar-refractivity contribution in [2.45, 2.75) is 0 Å². The summed E-state index contributed by atoms with van der Waals surface area (Å²) in [5, 5.41) is 5.40. The van der Waals surface area contributed by atoms with Crippen LogP contribution >= 0.6 is 11.3 Å². The van der Waals surface area contributed by atoms with Crippen LogP contribution in [0.3, 0.4) is 0 Å². The van der Waals surface area contributed by atoms with Crippen LogP contribution in [0, 0.1) is 5.51 Å². The van der Waals surface area contributed by atoms with Gasteiger partial charge in [-0.05, 0) is 12.1 Å². The number of aromatic nitrogens is 3. The van der Waals surface area contributed by atoms with Crippen molar-refractivity contribution >= 4 is 32.5 Å². The third-order valence-electron chi connectivity index (χ3n) is 3.68. The minimum absolute atomic E-state index is 0.855. The molecular formula is C16H12N3OS. The number of ether oxygens (including phenoxy) is 1. The molecule has 2 aromatic carbocycles. The molecule has 4 rings (SSSR count). The van der Waals surface area contributed by atoms with Gasteiger partial charge >= 0.3 is 0 Å². The van der Waals surface area contributed by atoms with E-state index in [1.807, 2.05) is 36.1 Å². The molecule has 2 heterocycles. The van der Waals surface area contributed by atoms with Gasteiger partial charge in [0.15, 0.2) is 5.51 Å². The van der Waals surface area contributed by atoms with Crippen molar-refractivity contribution in [3.8, 4) is 16.9 Å². The smallest absolute Gasteiger partial charge is 0.153 e. The second-order valence-corrected chi connectivity index (χ2v) is 5.60. The van der Waals surface area contributed by atoms with E-state index < -0.39 is 0 Å². The van der Waals surface area contributed by atoms with Gasteiger partial charge in [0.2, 0.25) is 0 Å². The maximum Gasteiger partial charge on any atom is 0.153 e. The van der Waals surface area contributed by atoms with Crippen molar-refractivity contribution < 1.29 is 4.74 Å². The van der Waals surface area contributed by atoms with Crippen LogP contribution in [0.5, 0.6) is 5.75 Å². The molecule has 5 heteroatoms. The molecule has 0 fully saturated rings. The molecule has 2 aromatic heterocycles. The fourth-order valence-corrected chi connectivity index (χ4v) is 3.41. The number of benzene rings is 2. The third-order valence-corrected chi connectivity index (χ3v) is 4.48. The molecule has 0 bridgehead atoms. The molecule has 0 saturated heterocycles. The van der Waals surface area contributed by atoms with Crippen molar-refractivity contribution in [2.75, 3.05) is 7.11 Å². The van der Waals surface area contributed by atoms with Crippen LogP contribution in [0.2, 0.25) is 0 Å². The summed E-state index contributed by atoms with van der Waals surface area (Å²) in [4.78, 5) is 4.40. The molecule has 4 nitrogen and oxygen atoms in total. The number of rotatable bonds is 2. The summed E-state index contributed by atoms with van der Waals surface area (Å²) in [6.07, 6.45) is 1.86. The van der Waals surface area contributed by atoms with E-state index >= 15 is 0 Å². The van der Waals surface area contributed by atoms with Gasteiger partial charge in [-0.1, -0.05) is 18.2 Å². The minimum atomic E-state index is 0.855. The molecule has 0 N–H and O–H groups in total. The Kier molecular flexibility index (Phi) is 2.68. The molecule has 4 aromatic rings. The molecule has 103 valence electrons. The Labute approximate surface area is 125 Å². The predicted molar refractivity (Wildman–Crippen MR) is 84.7 cm³/mol. The van der Waals surface area contributed by atoms with E-state index in [0.717, 1.165) is 38.0 Å². The van der Waals surface area contributed by atoms with Crippen LogP contribution in [0.15, 0.2) is 36.5 Å². The lowest BCUT2D eigenvalue weighted by atomic mass is 10.0. The first kappa shape index (κ1) is 12.3. The van der Waals surface area contributed by atoms with Crippen molar-refractivity contribution in [1.82, 2.24) is 14.8 Å². The summed E-state index contributed by atoms with van der Waals surface area (Å²) in [6, 6.07) is 10.2. The zero-order chi connectivity index (χ0) is 14.4. The number of thiazole rings is 1. The highest BCUT2D eigenvalue weighted by Crippen LogP contribution is 2.39. The highest BCUT2D eigenvalue weighted by molar-refractivity contribution is 7.17. The van der Waals surface area contributed by atoms with E-state index in [9.17, 15) is 0 Å². The largest absolute Gasteiger partial charge is 0.496 e. The number of methoxy groups -OCH3 is 1. The number of nitrogens with zero attached hydrogens (tertiary/aromatic N) is 3. The average Bonchev–Trinajstić information content (AvgIpc) is 3.13. The molecule has 0 aliphatic carbocycles. The number of hydrogen-bond acceptors (Lipinski definition) is 4. The zero-order valence-corrected chi connectivity index (χ0v) is 12.4. The Bertz CT molecular complexity index is 955. The first-order chi connectivity index (χ1) is 10.3. The van der Waals surface area contributed by atoms with Gasteiger partial charge in [-0.25, -0.2) is 4.98 Å². The maximum absolute atomic E-state index is 5.50. The Hall–Kier alpha value is -2.40. The fourth-order valence-electron chi connectivity index (χ4n) is 2.65. The van der Waals surface area contributed by atoms with E-state index in [1.165, 1.54) is 11.3 Å². The molecule has 0 aliphatic heterocycles. The topological polar surface area (TPSA) is 39.9 Å². The molecule has 0 saturated carbocycles. The number of hydrogen-bond donors (Lipinski definition) is 0. The van der Waals surface area contributed by atoms with Crippen LogP contribution in [-0.2, 0) is 7.05 Å². The van der Waals surface area contributed by atoms with E-state index in [4.69, 9.17) is 4.74 Å². The quantitative estimate of drug-likeness (QED) is 0.566. The third kappa shape index (κ3) is 1.74. The van der Waals surface area contributed by atoms with Gasteiger partial charge in [-0.3, -0.25) is 4.68 Å². The lowest BCUT2D eigenvalue weighted by molar-refractivity contribution is 0.416. The van der Waals surface area contributed by atoms with E-state index in [-0.39, 0.29) is 0 Å². The fraction of sp³-hybridized carbons (Fsp3) is 0.125. The number of fused-ring (bicyclic) bond motifs is 3. The van der Waals surface area contributed by atoms with E-state index in [2.05, 4.69) is 27.7 Å². The van der Waals surface area contributed by atoms with Crippen molar-refractivity contribution in [2.24, 2.45) is 7.05 Å². The number of para-hydroxylation sites is 1. The second kappa shape index (κ2) is 4.56.